The summed E-state index contributed by atoms with van der Waals surface area (Å²) in [5.74, 6) is -0.149. The number of anilines is 1. The molecule has 1 amide bonds. The number of amides is 1. The van der Waals surface area contributed by atoms with Gasteiger partial charge >= 0.3 is 0 Å². The lowest BCUT2D eigenvalue weighted by molar-refractivity contribution is 0.0996. The van der Waals surface area contributed by atoms with Crippen molar-refractivity contribution < 1.29 is 4.79 Å². The lowest BCUT2D eigenvalue weighted by Crippen LogP contribution is -2.39. The number of aromatic nitrogens is 4. The zero-order valence-electron chi connectivity index (χ0n) is 15.6. The number of benzene rings is 1. The first-order valence-electron chi connectivity index (χ1n) is 9.02. The highest BCUT2D eigenvalue weighted by molar-refractivity contribution is 6.43. The molecule has 0 saturated carbocycles. The van der Waals surface area contributed by atoms with Crippen LogP contribution in [-0.4, -0.2) is 39.2 Å². The largest absolute Gasteiger partial charge is 0.364 e. The normalized spacial score (nSPS) is 16.5. The topological polar surface area (TPSA) is 101 Å². The monoisotopic (exact) mass is 418 g/mol. The molecule has 1 aromatic carbocycles. The van der Waals surface area contributed by atoms with E-state index in [4.69, 9.17) is 28.9 Å². The molecule has 9 heteroatoms. The van der Waals surface area contributed by atoms with Crippen molar-refractivity contribution in [1.29, 1.82) is 0 Å². The van der Waals surface area contributed by atoms with Crippen molar-refractivity contribution in [3.8, 4) is 11.3 Å². The van der Waals surface area contributed by atoms with Gasteiger partial charge in [-0.1, -0.05) is 49.2 Å². The molecule has 0 bridgehead atoms. The van der Waals surface area contributed by atoms with Crippen molar-refractivity contribution in [1.82, 2.24) is 20.2 Å². The molecule has 0 radical (unpaired) electrons. The van der Waals surface area contributed by atoms with Gasteiger partial charge in [0.1, 0.15) is 5.52 Å². The summed E-state index contributed by atoms with van der Waals surface area (Å²) >= 11 is 12.5. The van der Waals surface area contributed by atoms with Crippen LogP contribution in [0.3, 0.4) is 0 Å². The quantitative estimate of drug-likeness (QED) is 0.667. The third kappa shape index (κ3) is 3.29. The first kappa shape index (κ1) is 19.0. The van der Waals surface area contributed by atoms with E-state index in [1.165, 1.54) is 0 Å². The minimum Gasteiger partial charge on any atom is -0.364 e. The van der Waals surface area contributed by atoms with E-state index in [0.29, 0.717) is 38.3 Å². The summed E-state index contributed by atoms with van der Waals surface area (Å²) in [5.41, 5.74) is 8.04. The highest BCUT2D eigenvalue weighted by atomic mass is 35.5. The number of nitrogens with two attached hydrogens (primary N) is 1. The van der Waals surface area contributed by atoms with Gasteiger partial charge in [0.2, 0.25) is 5.65 Å². The minimum absolute atomic E-state index is 0.132. The molecule has 2 aromatic heterocycles. The van der Waals surface area contributed by atoms with Crippen LogP contribution in [0, 0.1) is 5.41 Å². The van der Waals surface area contributed by atoms with E-state index in [9.17, 15) is 4.79 Å². The van der Waals surface area contributed by atoms with E-state index in [2.05, 4.69) is 38.9 Å². The molecule has 1 fully saturated rings. The Morgan fingerprint density at radius 3 is 2.61 bits per heavy atom. The van der Waals surface area contributed by atoms with Gasteiger partial charge in [0.15, 0.2) is 11.5 Å². The zero-order chi connectivity index (χ0) is 20.1. The molecular weight excluding hydrogens is 399 g/mol. The molecule has 3 N–H and O–H groups in total. The molecule has 0 spiro atoms. The molecule has 3 heterocycles. The van der Waals surface area contributed by atoms with E-state index in [0.717, 1.165) is 25.9 Å². The van der Waals surface area contributed by atoms with Gasteiger partial charge in [0.25, 0.3) is 5.91 Å². The number of nitrogens with one attached hydrogen (secondary N) is 1. The second-order valence-corrected chi connectivity index (χ2v) is 8.57. The lowest BCUT2D eigenvalue weighted by atomic mass is 9.82. The summed E-state index contributed by atoms with van der Waals surface area (Å²) in [6.07, 6.45) is 1.99. The smallest absolute Gasteiger partial charge is 0.271 e. The molecule has 0 aliphatic carbocycles. The van der Waals surface area contributed by atoms with Crippen molar-refractivity contribution in [2.75, 3.05) is 18.0 Å². The molecule has 0 atom stereocenters. The van der Waals surface area contributed by atoms with Crippen LogP contribution < -0.4 is 10.6 Å². The summed E-state index contributed by atoms with van der Waals surface area (Å²) in [5, 5.41) is 7.98. The fraction of sp³-hybridized carbons (Fsp3) is 0.368. The van der Waals surface area contributed by atoms with Gasteiger partial charge in [-0.3, -0.25) is 9.89 Å². The Morgan fingerprint density at radius 1 is 1.21 bits per heavy atom. The highest BCUT2D eigenvalue weighted by Gasteiger charge is 2.29. The van der Waals surface area contributed by atoms with Gasteiger partial charge < -0.3 is 10.6 Å². The third-order valence-electron chi connectivity index (χ3n) is 5.24. The minimum atomic E-state index is -0.626. The number of aromatic amines is 1. The third-order valence-corrected chi connectivity index (χ3v) is 6.06. The molecule has 1 saturated heterocycles. The number of H-pyrrole nitrogens is 1. The maximum absolute atomic E-state index is 12.1. The predicted octanol–water partition coefficient (Wildman–Crippen LogP) is 4.05. The van der Waals surface area contributed by atoms with Crippen LogP contribution in [0.1, 0.15) is 37.2 Å². The Morgan fingerprint density at radius 2 is 1.93 bits per heavy atom. The number of fused-ring (bicyclic) bond motifs is 1. The maximum Gasteiger partial charge on any atom is 0.271 e. The van der Waals surface area contributed by atoms with Crippen LogP contribution in [0.4, 0.5) is 5.82 Å². The van der Waals surface area contributed by atoms with E-state index >= 15 is 0 Å². The fourth-order valence-corrected chi connectivity index (χ4v) is 3.81. The van der Waals surface area contributed by atoms with Crippen LogP contribution >= 0.6 is 23.2 Å². The van der Waals surface area contributed by atoms with E-state index in [-0.39, 0.29) is 11.1 Å². The van der Waals surface area contributed by atoms with Gasteiger partial charge in [-0.25, -0.2) is 9.97 Å². The van der Waals surface area contributed by atoms with Gasteiger partial charge in [-0.2, -0.15) is 5.10 Å². The Balaban J connectivity index is 1.83. The first-order chi connectivity index (χ1) is 13.3. The number of hydrogen-bond acceptors (Lipinski definition) is 5. The number of primary amides is 1. The number of halogens is 2. The summed E-state index contributed by atoms with van der Waals surface area (Å²) in [6.45, 7) is 6.04. The number of carbonyl (C=O) groups excluding carboxylic acids is 1. The molecule has 146 valence electrons. The number of hydrogen-bond donors (Lipinski definition) is 2. The van der Waals surface area contributed by atoms with Crippen molar-refractivity contribution in [3.05, 3.63) is 33.9 Å². The van der Waals surface area contributed by atoms with E-state index in [1.54, 1.807) is 18.2 Å². The zero-order valence-corrected chi connectivity index (χ0v) is 17.1. The van der Waals surface area contributed by atoms with Gasteiger partial charge in [-0.05, 0) is 24.3 Å². The van der Waals surface area contributed by atoms with Crippen LogP contribution in [0.25, 0.3) is 22.4 Å². The van der Waals surface area contributed by atoms with Gasteiger partial charge in [0, 0.05) is 18.7 Å². The van der Waals surface area contributed by atoms with E-state index < -0.39 is 5.91 Å². The highest BCUT2D eigenvalue weighted by Crippen LogP contribution is 2.37. The van der Waals surface area contributed by atoms with Gasteiger partial charge in [0.05, 0.1) is 15.7 Å². The predicted molar refractivity (Wildman–Crippen MR) is 111 cm³/mol. The standard InChI is InChI=1S/C19H20Cl2N6O/c1-19(2)6-8-27(9-7-19)18-15(16(22)28)23-14-13(25-26-17(14)24-18)10-4-3-5-11(20)12(10)21/h3-5H,6-9H2,1-2H3,(H2,22,28)(H,24,25,26). The molecule has 0 unspecified atom stereocenters. The molecule has 1 aliphatic rings. The maximum atomic E-state index is 12.1. The van der Waals surface area contributed by atoms with Crippen molar-refractivity contribution in [2.24, 2.45) is 11.1 Å². The van der Waals surface area contributed by atoms with Crippen molar-refractivity contribution in [2.45, 2.75) is 26.7 Å². The van der Waals surface area contributed by atoms with Crippen molar-refractivity contribution in [3.63, 3.8) is 0 Å². The number of nitrogens with zero attached hydrogens (tertiary/aromatic N) is 4. The Kier molecular flexibility index (Phi) is 4.67. The number of piperidine rings is 1. The summed E-state index contributed by atoms with van der Waals surface area (Å²) in [6, 6.07) is 5.28. The van der Waals surface area contributed by atoms with Gasteiger partial charge in [-0.15, -0.1) is 0 Å². The molecule has 4 rings (SSSR count). The van der Waals surface area contributed by atoms with E-state index in [1.807, 2.05) is 0 Å². The second-order valence-electron chi connectivity index (χ2n) is 7.78. The second kappa shape index (κ2) is 6.90. The van der Waals surface area contributed by atoms with Crippen molar-refractivity contribution >= 4 is 46.1 Å². The fourth-order valence-electron chi connectivity index (χ4n) is 3.42. The van der Waals surface area contributed by atoms with Crippen LogP contribution in [0.15, 0.2) is 18.2 Å². The number of carbonyl (C=O) groups is 1. The Hall–Kier alpha value is -2.38. The molecule has 1 aliphatic heterocycles. The summed E-state index contributed by atoms with van der Waals surface area (Å²) in [7, 11) is 0. The van der Waals surface area contributed by atoms with Crippen LogP contribution in [-0.2, 0) is 0 Å². The summed E-state index contributed by atoms with van der Waals surface area (Å²) in [4.78, 5) is 23.3. The Labute approximate surface area is 172 Å². The average molecular weight is 419 g/mol. The first-order valence-corrected chi connectivity index (χ1v) is 9.78. The lowest BCUT2D eigenvalue weighted by Gasteiger charge is -2.37. The SMILES string of the molecule is CC1(C)CCN(c2nc3n[nH]c(-c4cccc(Cl)c4Cl)c3nc2C(N)=O)CC1. The molecule has 3 aromatic rings. The number of rotatable bonds is 3. The Bertz CT molecular complexity index is 1070. The molecule has 28 heavy (non-hydrogen) atoms. The molecular formula is C19H20Cl2N6O. The summed E-state index contributed by atoms with van der Waals surface area (Å²) < 4.78 is 0. The van der Waals surface area contributed by atoms with Crippen LogP contribution in [0.2, 0.25) is 10.0 Å². The average Bonchev–Trinajstić information content (AvgIpc) is 3.06. The molecule has 7 nitrogen and oxygen atoms in total. The van der Waals surface area contributed by atoms with Crippen LogP contribution in [0.5, 0.6) is 0 Å².